The van der Waals surface area contributed by atoms with Gasteiger partial charge in [-0.3, -0.25) is 12.2 Å². The molecule has 0 radical (unpaired) electrons. The zero-order valence-electron chi connectivity index (χ0n) is 36.6. The van der Waals surface area contributed by atoms with E-state index in [-0.39, 0.29) is 9.41 Å². The van der Waals surface area contributed by atoms with E-state index in [1.807, 2.05) is 24.3 Å². The van der Waals surface area contributed by atoms with Crippen molar-refractivity contribution >= 4 is 49.5 Å². The van der Waals surface area contributed by atoms with Gasteiger partial charge in [-0.1, -0.05) is 72.8 Å². The Morgan fingerprint density at radius 3 is 0.742 bits per heavy atom. The van der Waals surface area contributed by atoms with Crippen molar-refractivity contribution in [3.05, 3.63) is 301 Å². The van der Waals surface area contributed by atoms with Crippen molar-refractivity contribution in [3.8, 4) is 0 Å². The largest absolute Gasteiger partial charge is 0.126 e. The molecule has 10 aromatic rings. The zero-order valence-corrected chi connectivity index (χ0v) is 41.5. The summed E-state index contributed by atoms with van der Waals surface area (Å²) in [5.41, 5.74) is 5.32. The number of hydrogen-bond donors (Lipinski definition) is 0. The Bertz CT molecular complexity index is 2700. The minimum absolute atomic E-state index is 0. The fourth-order valence-corrected chi connectivity index (χ4v) is 8.88. The molecule has 0 saturated carbocycles. The Labute approximate surface area is 418 Å². The molecule has 0 amide bonds. The van der Waals surface area contributed by atoms with Gasteiger partial charge >= 0.3 is 198 Å². The second-order valence-electron chi connectivity index (χ2n) is 14.9. The first-order valence-corrected chi connectivity index (χ1v) is 24.0. The van der Waals surface area contributed by atoms with Gasteiger partial charge < -0.3 is 9.41 Å². The molecule has 0 atom stereocenters. The maximum absolute atomic E-state index is 2.99. The molecule has 0 unspecified atom stereocenters. The summed E-state index contributed by atoms with van der Waals surface area (Å²) in [6.07, 6.45) is 20.0. The van der Waals surface area contributed by atoms with Crippen LogP contribution in [-0.4, -0.2) is 6.41 Å². The first-order valence-electron chi connectivity index (χ1n) is 21.5. The predicted octanol–water partition coefficient (Wildman–Crippen LogP) is 9.65. The van der Waals surface area contributed by atoms with Gasteiger partial charge in [0.2, 0.25) is 0 Å². The van der Waals surface area contributed by atoms with Crippen LogP contribution < -0.4 is 9.41 Å². The van der Waals surface area contributed by atoms with Crippen molar-refractivity contribution in [1.82, 2.24) is 0 Å². The molecule has 0 bridgehead atoms. The maximum atomic E-state index is 2.99. The molecule has 0 N–H and O–H groups in total. The second kappa shape index (κ2) is 28.0. The zero-order chi connectivity index (χ0) is 44.0. The smallest absolute Gasteiger partial charge is 0.0771 e. The summed E-state index contributed by atoms with van der Waals surface area (Å²) in [7, 11) is 0. The summed E-state index contributed by atoms with van der Waals surface area (Å²) in [6, 6.07) is 80.8. The first kappa shape index (κ1) is 50.8. The van der Waals surface area contributed by atoms with Crippen LogP contribution in [0.2, 0.25) is 0 Å². The topological polar surface area (TPSA) is 0 Å². The minimum atomic E-state index is 0. The third kappa shape index (κ3) is 14.9. The van der Waals surface area contributed by atoms with E-state index in [0.717, 1.165) is 12.8 Å². The quantitative estimate of drug-likeness (QED) is 0.154. The van der Waals surface area contributed by atoms with Gasteiger partial charge in [0, 0.05) is 0 Å². The molecule has 0 saturated heterocycles. The molecule has 0 nitrogen and oxygen atoms in total. The van der Waals surface area contributed by atoms with Gasteiger partial charge in [0.25, 0.3) is 0 Å². The number of halogens is 2. The van der Waals surface area contributed by atoms with Gasteiger partial charge in [-0.2, -0.15) is 12.2 Å². The Balaban J connectivity index is 0.000000152. The van der Waals surface area contributed by atoms with E-state index < -0.39 is 0 Å². The van der Waals surface area contributed by atoms with Gasteiger partial charge in [0.15, 0.2) is 0 Å². The van der Waals surface area contributed by atoms with Crippen LogP contribution in [0, 0.1) is 12.2 Å². The molecule has 0 spiro atoms. The Morgan fingerprint density at radius 2 is 0.545 bits per heavy atom. The van der Waals surface area contributed by atoms with Crippen LogP contribution in [0.3, 0.4) is 0 Å². The van der Waals surface area contributed by atoms with Crippen LogP contribution in [0.1, 0.15) is 35.1 Å². The SMILES string of the molecule is [C-]1=CC=CC1.[C-]1=CC=CC1.[F-].[F-].[Zr+2]=[C](c1ccccc1)c1ccccc1.[Zr+2]=[C](c1ccccc1)c1ccccc1.c1ccc2c(c1)[cH-]c1ccccc12.c1ccc2c(c1)[cH-]c1ccccc12. The molecule has 12 rings (SSSR count). The Morgan fingerprint density at radius 1 is 0.318 bits per heavy atom. The van der Waals surface area contributed by atoms with E-state index >= 15 is 0 Å². The minimum Gasteiger partial charge on any atom is -0.126 e. The molecular formula is C62H48F2Zr2-2. The van der Waals surface area contributed by atoms with Crippen molar-refractivity contribution in [3.63, 3.8) is 0 Å². The van der Waals surface area contributed by atoms with Crippen LogP contribution in [0.5, 0.6) is 0 Å². The molecule has 4 heteroatoms. The standard InChI is InChI=1S/2C13H9.2C13H10.2C5H5.2FH.2Zr/c2*1-3-7-12-10(5-1)9-11-6-2-4-8-13(11)12;2*1-3-7-12(8-4-1)11-13-9-5-2-6-10-13;2*1-2-4-5-3-1;;;;/h2*1-9H;2*1-10H;2*1-3H,4H2;2*1H;;/q2*-1;;;2*-1;;;2*+2/p-2. The summed E-state index contributed by atoms with van der Waals surface area (Å²) in [5.74, 6) is 0. The molecule has 320 valence electrons. The van der Waals surface area contributed by atoms with Crippen LogP contribution in [-0.2, 0) is 48.5 Å². The molecule has 0 aliphatic heterocycles. The number of rotatable bonds is 4. The fourth-order valence-electron chi connectivity index (χ4n) is 7.24. The van der Waals surface area contributed by atoms with Gasteiger partial charge in [-0.25, -0.2) is 24.3 Å². The molecule has 0 fully saturated rings. The molecule has 0 heterocycles. The maximum Gasteiger partial charge on any atom is -0.0771 e. The molecular weight excluding hydrogens is 965 g/mol. The van der Waals surface area contributed by atoms with Crippen molar-refractivity contribution in [2.75, 3.05) is 0 Å². The van der Waals surface area contributed by atoms with E-state index in [2.05, 4.69) is 255 Å². The Hall–Kier alpha value is -6.17. The van der Waals surface area contributed by atoms with E-state index in [1.54, 1.807) is 0 Å². The second-order valence-corrected chi connectivity index (χ2v) is 17.3. The summed E-state index contributed by atoms with van der Waals surface area (Å²) < 4.78 is 2.83. The van der Waals surface area contributed by atoms with Crippen LogP contribution in [0.15, 0.2) is 267 Å². The number of benzene rings is 8. The summed E-state index contributed by atoms with van der Waals surface area (Å²) in [5, 5.41) is 10.8. The molecule has 0 aromatic heterocycles. The van der Waals surface area contributed by atoms with E-state index in [4.69, 9.17) is 0 Å². The summed E-state index contributed by atoms with van der Waals surface area (Å²) in [4.78, 5) is 0. The van der Waals surface area contributed by atoms with Gasteiger partial charge in [-0.05, 0) is 0 Å². The van der Waals surface area contributed by atoms with E-state index in [1.165, 1.54) is 120 Å². The molecule has 10 aromatic carbocycles. The van der Waals surface area contributed by atoms with Crippen LogP contribution >= 0.6 is 0 Å². The number of fused-ring (bicyclic) bond motifs is 6. The average Bonchev–Trinajstić information content (AvgIpc) is 4.25. The Kier molecular flexibility index (Phi) is 21.6. The van der Waals surface area contributed by atoms with Gasteiger partial charge in [0.05, 0.1) is 0 Å². The van der Waals surface area contributed by atoms with Crippen molar-refractivity contribution in [2.24, 2.45) is 0 Å². The predicted molar refractivity (Wildman–Crippen MR) is 269 cm³/mol. The van der Waals surface area contributed by atoms with Crippen LogP contribution in [0.4, 0.5) is 0 Å². The molecule has 2 aliphatic carbocycles. The van der Waals surface area contributed by atoms with E-state index in [9.17, 15) is 0 Å². The molecule has 2 aliphatic rings. The average molecular weight is 1010 g/mol. The normalized spacial score (nSPS) is 11.2. The van der Waals surface area contributed by atoms with Gasteiger partial charge in [0.1, 0.15) is 0 Å². The van der Waals surface area contributed by atoms with E-state index in [0.29, 0.717) is 0 Å². The summed E-state index contributed by atoms with van der Waals surface area (Å²) >= 11 is 2.92. The van der Waals surface area contributed by atoms with Crippen molar-refractivity contribution < 1.29 is 57.9 Å². The first-order chi connectivity index (χ1) is 31.7. The van der Waals surface area contributed by atoms with Crippen molar-refractivity contribution in [1.29, 1.82) is 0 Å². The van der Waals surface area contributed by atoms with Gasteiger partial charge in [-0.15, -0.1) is 92.3 Å². The van der Waals surface area contributed by atoms with Crippen LogP contribution in [0.25, 0.3) is 43.1 Å². The molecule has 66 heavy (non-hydrogen) atoms. The third-order valence-electron chi connectivity index (χ3n) is 10.5. The monoisotopic (exact) mass is 1010 g/mol. The summed E-state index contributed by atoms with van der Waals surface area (Å²) in [6.45, 7) is 0. The third-order valence-corrected chi connectivity index (χ3v) is 13.3. The number of allylic oxidation sites excluding steroid dienone is 8. The fraction of sp³-hybridized carbons (Fsp3) is 0.0323. The number of hydrogen-bond acceptors (Lipinski definition) is 0. The van der Waals surface area contributed by atoms with Crippen molar-refractivity contribution in [2.45, 2.75) is 12.8 Å².